The van der Waals surface area contributed by atoms with Crippen LogP contribution in [0, 0.1) is 6.92 Å². The van der Waals surface area contributed by atoms with Gasteiger partial charge in [0.1, 0.15) is 5.75 Å². The van der Waals surface area contributed by atoms with Crippen LogP contribution in [0.4, 0.5) is 18.9 Å². The molecule has 4 rings (SSSR count). The average molecular weight is 549 g/mol. The molecule has 0 spiro atoms. The van der Waals surface area contributed by atoms with E-state index in [9.17, 15) is 27.9 Å². The summed E-state index contributed by atoms with van der Waals surface area (Å²) in [4.78, 5) is 27.8. The van der Waals surface area contributed by atoms with E-state index < -0.39 is 6.36 Å². The van der Waals surface area contributed by atoms with Crippen molar-refractivity contribution >= 4 is 28.4 Å². The fourth-order valence-corrected chi connectivity index (χ4v) is 3.46. The van der Waals surface area contributed by atoms with E-state index in [0.717, 1.165) is 39.9 Å². The predicted molar refractivity (Wildman–Crippen MR) is 115 cm³/mol. The van der Waals surface area contributed by atoms with Crippen molar-refractivity contribution in [3.05, 3.63) is 71.1 Å². The van der Waals surface area contributed by atoms with Gasteiger partial charge in [-0.3, -0.25) is 19.9 Å². The van der Waals surface area contributed by atoms with Crippen molar-refractivity contribution in [1.29, 1.82) is 0 Å². The molecule has 1 unspecified atom stereocenters. The maximum Gasteiger partial charge on any atom is 0.573 e. The molecule has 3 N–H and O–H groups in total. The molecule has 2 aromatic carbocycles. The van der Waals surface area contributed by atoms with Gasteiger partial charge in [0.25, 0.3) is 0 Å². The number of halogens is 3. The number of nitrogens with zero attached hydrogens (tertiary/aromatic N) is 1. The monoisotopic (exact) mass is 549 g/mol. The van der Waals surface area contributed by atoms with E-state index in [4.69, 9.17) is 5.73 Å². The fourth-order valence-electron chi connectivity index (χ4n) is 3.46. The van der Waals surface area contributed by atoms with E-state index in [0.29, 0.717) is 12.8 Å². The van der Waals surface area contributed by atoms with Crippen LogP contribution in [0.2, 0.25) is 0 Å². The van der Waals surface area contributed by atoms with Crippen LogP contribution in [-0.4, -0.2) is 28.3 Å². The molecule has 1 atom stereocenters. The summed E-state index contributed by atoms with van der Waals surface area (Å²) in [7, 11) is 0. The van der Waals surface area contributed by atoms with Crippen LogP contribution in [0.1, 0.15) is 35.6 Å². The molecule has 1 fully saturated rings. The third kappa shape index (κ3) is 7.48. The van der Waals surface area contributed by atoms with Crippen molar-refractivity contribution < 1.29 is 65.3 Å². The Morgan fingerprint density at radius 1 is 1.18 bits per heavy atom. The molecule has 0 saturated carbocycles. The average Bonchev–Trinajstić information content (AvgIpc) is 2.72. The van der Waals surface area contributed by atoms with E-state index in [2.05, 4.69) is 15.0 Å². The van der Waals surface area contributed by atoms with Crippen molar-refractivity contribution in [3.63, 3.8) is 0 Å². The van der Waals surface area contributed by atoms with Gasteiger partial charge >= 0.3 is 6.36 Å². The molecule has 34 heavy (non-hydrogen) atoms. The number of imide groups is 1. The number of hydrogen-bond acceptors (Lipinski definition) is 5. The molecule has 0 aliphatic carbocycles. The van der Waals surface area contributed by atoms with Crippen molar-refractivity contribution in [2.75, 3.05) is 0 Å². The van der Waals surface area contributed by atoms with Gasteiger partial charge in [-0.2, -0.15) is 0 Å². The van der Waals surface area contributed by atoms with E-state index in [1.807, 2.05) is 31.2 Å². The molecule has 3 aromatic rings. The number of fused-ring (bicyclic) bond motifs is 1. The van der Waals surface area contributed by atoms with Gasteiger partial charge in [0.15, 0.2) is 0 Å². The molecule has 0 bridgehead atoms. The van der Waals surface area contributed by atoms with Crippen molar-refractivity contribution in [2.24, 2.45) is 0 Å². The Bertz CT molecular complexity index is 1190. The first-order valence-corrected chi connectivity index (χ1v) is 9.98. The molecular formula is C23H21F3N3O4Y-. The molecular weight excluding hydrogens is 528 g/mol. The molecule has 1 aromatic heterocycles. The normalized spacial score (nSPS) is 15.6. The minimum Gasteiger partial charge on any atom is -0.699 e. The van der Waals surface area contributed by atoms with E-state index in [1.165, 1.54) is 12.1 Å². The zero-order chi connectivity index (χ0) is 24.2. The van der Waals surface area contributed by atoms with Gasteiger partial charge < -0.3 is 15.6 Å². The Kier molecular flexibility index (Phi) is 9.55. The number of ether oxygens (including phenoxy) is 1. The number of piperidine rings is 1. The number of carbonyl (C=O) groups is 2. The van der Waals surface area contributed by atoms with Crippen LogP contribution in [0.3, 0.4) is 0 Å². The number of hydrogen-bond donors (Lipinski definition) is 2. The first-order chi connectivity index (χ1) is 15.6. The molecule has 1 saturated heterocycles. The van der Waals surface area contributed by atoms with Crippen LogP contribution in [0.5, 0.6) is 5.75 Å². The second-order valence-electron chi connectivity index (χ2n) is 7.43. The van der Waals surface area contributed by atoms with Gasteiger partial charge in [0.2, 0.25) is 11.8 Å². The summed E-state index contributed by atoms with van der Waals surface area (Å²) in [5.41, 5.74) is 10.2. The van der Waals surface area contributed by atoms with Gasteiger partial charge in [-0.05, 0) is 48.7 Å². The molecule has 1 radical (unpaired) electrons. The number of aryl methyl sites for hydroxylation is 1. The number of carbonyl (C=O) groups excluding carboxylic acids is 2. The molecule has 177 valence electrons. The zero-order valence-corrected chi connectivity index (χ0v) is 21.0. The summed E-state index contributed by atoms with van der Waals surface area (Å²) in [5, 5.41) is 12.5. The van der Waals surface area contributed by atoms with Crippen LogP contribution in [-0.2, 0) is 48.9 Å². The zero-order valence-electron chi connectivity index (χ0n) is 18.1. The number of aliphatic hydroxyl groups is 1. The van der Waals surface area contributed by atoms with E-state index in [1.54, 1.807) is 0 Å². The van der Waals surface area contributed by atoms with Crippen LogP contribution in [0.15, 0.2) is 48.5 Å². The standard InChI is InChI=1S/C16H16N2O3.C7H5F3NO.Y/c1-9-13(12-4-5-15(20)18-16(12)21)7-11-3-2-10(8-19)6-14(11)17-9;8-7(9,10)12-6-3-1-2-5(11)4-6;/h2-3,6-7,12,19H,4-5,8H2,1H3,(H,18,20,21);1-4,11H;/q;-1;. The predicted octanol–water partition coefficient (Wildman–Crippen LogP) is 4.82. The number of aromatic nitrogens is 1. The van der Waals surface area contributed by atoms with E-state index in [-0.39, 0.29) is 68.5 Å². The first-order valence-electron chi connectivity index (χ1n) is 9.98. The van der Waals surface area contributed by atoms with Gasteiger partial charge in [-0.25, -0.2) is 0 Å². The van der Waals surface area contributed by atoms with Crippen LogP contribution in [0.25, 0.3) is 16.6 Å². The summed E-state index contributed by atoms with van der Waals surface area (Å²) in [5.74, 6) is -1.15. The largest absolute Gasteiger partial charge is 0.699 e. The summed E-state index contributed by atoms with van der Waals surface area (Å²) < 4.78 is 38.3. The topological polar surface area (TPSA) is 112 Å². The number of pyridine rings is 1. The van der Waals surface area contributed by atoms with Crippen LogP contribution >= 0.6 is 0 Å². The fraction of sp³-hybridized carbons (Fsp3) is 0.261. The molecule has 1 aliphatic heterocycles. The first kappa shape index (κ1) is 27.7. The van der Waals surface area contributed by atoms with E-state index >= 15 is 0 Å². The number of rotatable bonds is 3. The van der Waals surface area contributed by atoms with Gasteiger partial charge in [-0.1, -0.05) is 24.3 Å². The Hall–Kier alpha value is -2.56. The van der Waals surface area contributed by atoms with Gasteiger partial charge in [-0.15, -0.1) is 18.9 Å². The maximum atomic E-state index is 12.0. The minimum atomic E-state index is -4.69. The molecule has 2 amide bonds. The smallest absolute Gasteiger partial charge is 0.573 e. The number of nitrogens with one attached hydrogen (secondary N) is 2. The Labute approximate surface area is 218 Å². The summed E-state index contributed by atoms with van der Waals surface area (Å²) >= 11 is 0. The third-order valence-electron chi connectivity index (χ3n) is 4.98. The summed E-state index contributed by atoms with van der Waals surface area (Å²) in [6, 6.07) is 12.4. The second-order valence-corrected chi connectivity index (χ2v) is 7.43. The number of amides is 2. The SMILES string of the molecule is Cc1nc2cc(CO)ccc2cc1C1CCC(=O)NC1=O.[NH-]c1cccc(OC(F)(F)F)c1.[Y]. The number of aliphatic hydroxyl groups excluding tert-OH is 1. The van der Waals surface area contributed by atoms with Gasteiger partial charge in [0, 0.05) is 50.2 Å². The quantitative estimate of drug-likeness (QED) is 0.455. The second kappa shape index (κ2) is 11.7. The summed E-state index contributed by atoms with van der Waals surface area (Å²) in [6.07, 6.45) is -3.81. The van der Waals surface area contributed by atoms with Crippen LogP contribution < -0.4 is 10.1 Å². The minimum absolute atomic E-state index is 0. The Morgan fingerprint density at radius 2 is 1.91 bits per heavy atom. The molecule has 11 heteroatoms. The molecule has 2 heterocycles. The molecule has 1 aliphatic rings. The third-order valence-corrected chi connectivity index (χ3v) is 4.98. The van der Waals surface area contributed by atoms with Gasteiger partial charge in [0.05, 0.1) is 18.0 Å². The van der Waals surface area contributed by atoms with Crippen molar-refractivity contribution in [1.82, 2.24) is 10.3 Å². The Balaban J connectivity index is 0.000000270. The van der Waals surface area contributed by atoms with Crippen molar-refractivity contribution in [3.8, 4) is 5.75 Å². The summed E-state index contributed by atoms with van der Waals surface area (Å²) in [6.45, 7) is 1.84. The Morgan fingerprint density at radius 3 is 2.53 bits per heavy atom. The number of benzene rings is 2. The molecule has 7 nitrogen and oxygen atoms in total. The number of alkyl halides is 3. The van der Waals surface area contributed by atoms with Crippen molar-refractivity contribution in [2.45, 2.75) is 38.7 Å². The maximum absolute atomic E-state index is 12.0.